The molecule has 1 fully saturated rings. The second-order valence-electron chi connectivity index (χ2n) is 8.59. The van der Waals surface area contributed by atoms with Crippen molar-refractivity contribution in [2.45, 2.75) is 32.1 Å². The molecule has 0 bridgehead atoms. The van der Waals surface area contributed by atoms with Crippen molar-refractivity contribution >= 4 is 35.2 Å². The molecule has 0 aliphatic carbocycles. The molecule has 8 nitrogen and oxygen atoms in total. The third-order valence-electron chi connectivity index (χ3n) is 6.20. The van der Waals surface area contributed by atoms with Gasteiger partial charge in [0.1, 0.15) is 12.9 Å². The highest BCUT2D eigenvalue weighted by Crippen LogP contribution is 2.30. The van der Waals surface area contributed by atoms with E-state index >= 15 is 0 Å². The second kappa shape index (κ2) is 9.85. The molecule has 2 aliphatic heterocycles. The zero-order valence-electron chi connectivity index (χ0n) is 19.2. The normalized spacial score (nSPS) is 15.9. The minimum atomic E-state index is -0.517. The van der Waals surface area contributed by atoms with Crippen molar-refractivity contribution in [1.82, 2.24) is 9.88 Å². The molecule has 0 spiro atoms. The molecule has 0 unspecified atom stereocenters. The number of piperidine rings is 1. The van der Waals surface area contributed by atoms with Crippen LogP contribution in [0.2, 0.25) is 0 Å². The molecule has 33 heavy (non-hydrogen) atoms. The summed E-state index contributed by atoms with van der Waals surface area (Å²) < 4.78 is 1.98. The maximum absolute atomic E-state index is 11.9. The van der Waals surface area contributed by atoms with E-state index in [1.54, 1.807) is 6.07 Å². The van der Waals surface area contributed by atoms with Gasteiger partial charge in [0, 0.05) is 37.5 Å². The first-order valence-electron chi connectivity index (χ1n) is 11.4. The molecule has 0 atom stereocenters. The number of hydrogen-bond donors (Lipinski definition) is 3. The van der Waals surface area contributed by atoms with E-state index in [1.807, 2.05) is 48.0 Å². The van der Waals surface area contributed by atoms with Gasteiger partial charge < -0.3 is 21.3 Å². The van der Waals surface area contributed by atoms with Crippen molar-refractivity contribution in [2.75, 3.05) is 37.3 Å². The number of nitrogens with two attached hydrogens (primary N) is 1. The second-order valence-corrected chi connectivity index (χ2v) is 8.59. The van der Waals surface area contributed by atoms with Gasteiger partial charge in [0.05, 0.1) is 23.4 Å². The van der Waals surface area contributed by atoms with Gasteiger partial charge in [-0.25, -0.2) is 9.56 Å². The van der Waals surface area contributed by atoms with E-state index in [1.165, 1.54) is 11.8 Å². The van der Waals surface area contributed by atoms with Gasteiger partial charge in [-0.1, -0.05) is 19.1 Å². The number of anilines is 3. The highest BCUT2D eigenvalue weighted by Gasteiger charge is 2.23. The topological polar surface area (TPSA) is 103 Å². The average Bonchev–Trinajstić information content (AvgIpc) is 2.81. The molecule has 2 aliphatic rings. The van der Waals surface area contributed by atoms with Gasteiger partial charge in [-0.2, -0.15) is 0 Å². The molecular weight excluding hydrogens is 416 g/mol. The van der Waals surface area contributed by atoms with Gasteiger partial charge in [-0.15, -0.1) is 0 Å². The number of likely N-dealkylation sites (tertiary alicyclic amines) is 1. The van der Waals surface area contributed by atoms with Crippen molar-refractivity contribution in [3.05, 3.63) is 59.4 Å². The highest BCUT2D eigenvalue weighted by molar-refractivity contribution is 5.98. The Hall–Kier alpha value is -3.68. The maximum atomic E-state index is 11.9. The molecule has 3 heterocycles. The first kappa shape index (κ1) is 22.5. The third kappa shape index (κ3) is 5.39. The standard InChI is InChI=1S/C25H30N6O2/c1-3-24(32)31-10-8-19(9-11-31)18-4-6-20(7-5-18)29-23-12-22(21(14-28-23)25(26)33)27-13-17-15-30(2)16-17/h4-7,12,14-16,19H,3,8-11,13H2,1-2H3,(H3-,26,27,28,29,33)/p+1. The van der Waals surface area contributed by atoms with E-state index in [4.69, 9.17) is 5.73 Å². The van der Waals surface area contributed by atoms with Crippen molar-refractivity contribution in [3.63, 3.8) is 0 Å². The number of nitrogens with one attached hydrogen (secondary N) is 2. The van der Waals surface area contributed by atoms with E-state index in [0.717, 1.165) is 37.2 Å². The Morgan fingerprint density at radius 3 is 2.52 bits per heavy atom. The van der Waals surface area contributed by atoms with Crippen LogP contribution < -0.4 is 16.4 Å². The number of pyridine rings is 1. The van der Waals surface area contributed by atoms with E-state index in [-0.39, 0.29) is 5.91 Å². The highest BCUT2D eigenvalue weighted by atomic mass is 16.2. The van der Waals surface area contributed by atoms with Gasteiger partial charge in [-0.05, 0) is 36.5 Å². The fraction of sp³-hybridized carbons (Fsp3) is 0.360. The first-order valence-corrected chi connectivity index (χ1v) is 11.4. The predicted molar refractivity (Wildman–Crippen MR) is 130 cm³/mol. The minimum Gasteiger partial charge on any atom is -0.380 e. The Kier molecular flexibility index (Phi) is 6.72. The zero-order valence-corrected chi connectivity index (χ0v) is 19.2. The number of primary amides is 1. The quantitative estimate of drug-likeness (QED) is 0.540. The summed E-state index contributed by atoms with van der Waals surface area (Å²) >= 11 is 0. The fourth-order valence-corrected chi connectivity index (χ4v) is 4.34. The van der Waals surface area contributed by atoms with Crippen molar-refractivity contribution < 1.29 is 14.2 Å². The van der Waals surface area contributed by atoms with Crippen LogP contribution in [0.1, 0.15) is 48.0 Å². The predicted octanol–water partition coefficient (Wildman–Crippen LogP) is 3.06. The molecular formula is C25H31N6O2+. The van der Waals surface area contributed by atoms with Crippen LogP contribution in [-0.2, 0) is 4.79 Å². The SMILES string of the molecule is CCC(=O)N1CCC(c2ccc(Nc3cc(NCC4=C[N+](C)=C4)c(C(N)=O)cn3)cc2)CC1. The summed E-state index contributed by atoms with van der Waals surface area (Å²) in [6, 6.07) is 10.2. The number of rotatable bonds is 8. The lowest BCUT2D eigenvalue weighted by atomic mass is 9.89. The van der Waals surface area contributed by atoms with Gasteiger partial charge in [-0.3, -0.25) is 9.59 Å². The summed E-state index contributed by atoms with van der Waals surface area (Å²) in [7, 11) is 1.97. The number of amides is 2. The summed E-state index contributed by atoms with van der Waals surface area (Å²) in [5, 5.41) is 6.58. The molecule has 4 N–H and O–H groups in total. The van der Waals surface area contributed by atoms with Crippen LogP contribution in [0.3, 0.4) is 0 Å². The van der Waals surface area contributed by atoms with Crippen LogP contribution in [-0.4, -0.2) is 59.2 Å². The molecule has 1 aromatic heterocycles. The van der Waals surface area contributed by atoms with Gasteiger partial charge in [0.15, 0.2) is 12.4 Å². The number of aromatic nitrogens is 1. The van der Waals surface area contributed by atoms with Crippen LogP contribution in [0.15, 0.2) is 48.3 Å². The number of carbonyl (C=O) groups excluding carboxylic acids is 2. The monoisotopic (exact) mass is 447 g/mol. The van der Waals surface area contributed by atoms with E-state index < -0.39 is 5.91 Å². The lowest BCUT2D eigenvalue weighted by molar-refractivity contribution is -0.428. The molecule has 0 radical (unpaired) electrons. The van der Waals surface area contributed by atoms with Crippen LogP contribution in [0.25, 0.3) is 0 Å². The molecule has 2 amide bonds. The van der Waals surface area contributed by atoms with Gasteiger partial charge in [0.2, 0.25) is 5.91 Å². The zero-order chi connectivity index (χ0) is 23.4. The largest absolute Gasteiger partial charge is 0.380 e. The van der Waals surface area contributed by atoms with Gasteiger partial charge in [0.25, 0.3) is 5.91 Å². The number of benzene rings is 1. The molecule has 1 aromatic carbocycles. The van der Waals surface area contributed by atoms with Crippen molar-refractivity contribution in [1.29, 1.82) is 0 Å². The smallest absolute Gasteiger partial charge is 0.252 e. The molecule has 4 rings (SSSR count). The average molecular weight is 448 g/mol. The van der Waals surface area contributed by atoms with Crippen LogP contribution in [0, 0.1) is 0 Å². The third-order valence-corrected chi connectivity index (χ3v) is 6.20. The lowest BCUT2D eigenvalue weighted by Crippen LogP contribution is -2.37. The Morgan fingerprint density at radius 1 is 1.21 bits per heavy atom. The number of carbonyl (C=O) groups is 2. The van der Waals surface area contributed by atoms with E-state index in [2.05, 4.69) is 27.8 Å². The van der Waals surface area contributed by atoms with Crippen molar-refractivity contribution in [3.8, 4) is 0 Å². The van der Waals surface area contributed by atoms with Crippen LogP contribution >= 0.6 is 0 Å². The summed E-state index contributed by atoms with van der Waals surface area (Å²) in [5.41, 5.74) is 9.87. The summed E-state index contributed by atoms with van der Waals surface area (Å²) in [6.45, 7) is 4.17. The molecule has 8 heteroatoms. The molecule has 2 aromatic rings. The molecule has 1 saturated heterocycles. The minimum absolute atomic E-state index is 0.242. The van der Waals surface area contributed by atoms with Gasteiger partial charge >= 0.3 is 0 Å². The Balaban J connectivity index is 1.39. The summed E-state index contributed by atoms with van der Waals surface area (Å²) in [4.78, 5) is 30.0. The summed E-state index contributed by atoms with van der Waals surface area (Å²) in [6.07, 6.45) is 8.09. The van der Waals surface area contributed by atoms with E-state index in [9.17, 15) is 9.59 Å². The fourth-order valence-electron chi connectivity index (χ4n) is 4.34. The van der Waals surface area contributed by atoms with Crippen LogP contribution in [0.4, 0.5) is 17.2 Å². The lowest BCUT2D eigenvalue weighted by Gasteiger charge is -2.32. The maximum Gasteiger partial charge on any atom is 0.252 e. The van der Waals surface area contributed by atoms with E-state index in [0.29, 0.717) is 36.0 Å². The van der Waals surface area contributed by atoms with Crippen LogP contribution in [0.5, 0.6) is 0 Å². The Bertz CT molecular complexity index is 1100. The molecule has 0 saturated carbocycles. The Labute approximate surface area is 194 Å². The molecule has 172 valence electrons. The van der Waals surface area contributed by atoms with Crippen molar-refractivity contribution in [2.24, 2.45) is 5.73 Å². The number of hydrogen-bond acceptors (Lipinski definition) is 5. The Morgan fingerprint density at radius 2 is 1.91 bits per heavy atom. The number of nitrogens with zero attached hydrogens (tertiary/aromatic N) is 3. The summed E-state index contributed by atoms with van der Waals surface area (Å²) in [5.74, 6) is 0.827. The first-order chi connectivity index (χ1) is 15.9.